The van der Waals surface area contributed by atoms with Crippen molar-refractivity contribution in [1.82, 2.24) is 4.48 Å². The maximum Gasteiger partial charge on any atom is 0.228 e. The predicted octanol–water partition coefficient (Wildman–Crippen LogP) is 5.65. The lowest BCUT2D eigenvalue weighted by atomic mass is 9.85. The first-order valence-electron chi connectivity index (χ1n) is 11.5. The highest BCUT2D eigenvalue weighted by Gasteiger charge is 2.51. The highest BCUT2D eigenvalue weighted by Crippen LogP contribution is 2.60. The van der Waals surface area contributed by atoms with Crippen LogP contribution in [0.5, 0.6) is 23.0 Å². The molecule has 0 N–H and O–H groups in total. The van der Waals surface area contributed by atoms with Crippen molar-refractivity contribution in [2.24, 2.45) is 0 Å². The maximum absolute atomic E-state index is 13.9. The van der Waals surface area contributed by atoms with Gasteiger partial charge in [-0.05, 0) is 18.9 Å². The summed E-state index contributed by atoms with van der Waals surface area (Å²) in [7, 11) is 8.54. The third-order valence-corrected chi connectivity index (χ3v) is 7.26. The summed E-state index contributed by atoms with van der Waals surface area (Å²) in [6.07, 6.45) is 8.31. The Morgan fingerprint density at radius 3 is 1.88 bits per heavy atom. The quantitative estimate of drug-likeness (QED) is 0.563. The molecule has 1 unspecified atom stereocenters. The zero-order valence-corrected chi connectivity index (χ0v) is 19.8. The van der Waals surface area contributed by atoms with Crippen molar-refractivity contribution >= 4 is 17.2 Å². The first-order chi connectivity index (χ1) is 15.5. The molecule has 0 bridgehead atoms. The number of benzene rings is 2. The van der Waals surface area contributed by atoms with Crippen LogP contribution in [-0.4, -0.2) is 47.3 Å². The van der Waals surface area contributed by atoms with Crippen molar-refractivity contribution in [3.05, 3.63) is 35.4 Å². The van der Waals surface area contributed by atoms with E-state index in [0.717, 1.165) is 24.2 Å². The monoisotopic (exact) mass is 440 g/mol. The normalized spacial score (nSPS) is 21.1. The topological polar surface area (TPSA) is 54.0 Å². The van der Waals surface area contributed by atoms with Gasteiger partial charge >= 0.3 is 0 Å². The lowest BCUT2D eigenvalue weighted by Crippen LogP contribution is -2.52. The molecule has 0 amide bonds. The first-order valence-corrected chi connectivity index (χ1v) is 11.5. The Bertz CT molecular complexity index is 1010. The van der Waals surface area contributed by atoms with E-state index in [9.17, 15) is 4.79 Å². The molecule has 2 aromatic carbocycles. The van der Waals surface area contributed by atoms with Crippen LogP contribution in [0.3, 0.4) is 0 Å². The summed E-state index contributed by atoms with van der Waals surface area (Å²) >= 11 is 0. The molecular weight excluding hydrogens is 406 g/mol. The van der Waals surface area contributed by atoms with E-state index >= 15 is 0 Å². The maximum atomic E-state index is 13.9. The van der Waals surface area contributed by atoms with Crippen molar-refractivity contribution in [1.29, 1.82) is 0 Å². The van der Waals surface area contributed by atoms with Gasteiger partial charge in [-0.2, -0.15) is 0 Å². The highest BCUT2D eigenvalue weighted by atomic mass is 16.5. The minimum Gasteiger partial charge on any atom is -0.492 e. The minimum absolute atomic E-state index is 0.0758. The van der Waals surface area contributed by atoms with Gasteiger partial charge in [-0.1, -0.05) is 31.4 Å². The van der Waals surface area contributed by atoms with E-state index in [1.165, 1.54) is 32.1 Å². The number of para-hydroxylation sites is 1. The molecule has 6 heteroatoms. The second-order valence-corrected chi connectivity index (χ2v) is 8.78. The van der Waals surface area contributed by atoms with Gasteiger partial charge < -0.3 is 18.9 Å². The lowest BCUT2D eigenvalue weighted by molar-refractivity contribution is 0.102. The molecule has 0 aromatic heterocycles. The second kappa shape index (κ2) is 9.02. The summed E-state index contributed by atoms with van der Waals surface area (Å²) in [6.45, 7) is 0. The second-order valence-electron chi connectivity index (χ2n) is 8.78. The van der Waals surface area contributed by atoms with E-state index < -0.39 is 0 Å². The summed E-state index contributed by atoms with van der Waals surface area (Å²) < 4.78 is 23.7. The van der Waals surface area contributed by atoms with E-state index in [0.29, 0.717) is 44.6 Å². The van der Waals surface area contributed by atoms with Crippen molar-refractivity contribution in [3.8, 4) is 23.0 Å². The molecule has 0 saturated heterocycles. The molecule has 4 rings (SSSR count). The zero-order valence-electron chi connectivity index (χ0n) is 19.8. The number of hydrogen-bond donors (Lipinski definition) is 0. The highest BCUT2D eigenvalue weighted by molar-refractivity contribution is 6.21. The smallest absolute Gasteiger partial charge is 0.228 e. The van der Waals surface area contributed by atoms with Crippen LogP contribution >= 0.6 is 0 Å². The number of carbonyl (C=O) groups excluding carboxylic acids is 1. The van der Waals surface area contributed by atoms with Crippen LogP contribution in [0.15, 0.2) is 24.3 Å². The number of nitrogens with zero attached hydrogens (tertiary/aromatic N) is 1. The first kappa shape index (κ1) is 22.5. The average molecular weight is 441 g/mol. The van der Waals surface area contributed by atoms with Gasteiger partial charge in [-0.3, -0.25) is 9.28 Å². The number of carbonyl (C=O) groups is 1. The molecule has 172 valence electrons. The molecule has 2 aliphatic rings. The largest absolute Gasteiger partial charge is 0.492 e. The summed E-state index contributed by atoms with van der Waals surface area (Å²) in [5.74, 6) is 1.69. The van der Waals surface area contributed by atoms with Gasteiger partial charge in [-0.15, -0.1) is 0 Å². The molecule has 6 nitrogen and oxygen atoms in total. The van der Waals surface area contributed by atoms with E-state index in [-0.39, 0.29) is 5.78 Å². The van der Waals surface area contributed by atoms with Gasteiger partial charge in [-0.25, -0.2) is 0 Å². The zero-order chi connectivity index (χ0) is 22.9. The van der Waals surface area contributed by atoms with Gasteiger partial charge in [0, 0.05) is 18.9 Å². The number of methoxy groups -OCH3 is 4. The third-order valence-electron chi connectivity index (χ3n) is 7.26. The third kappa shape index (κ3) is 3.24. The van der Waals surface area contributed by atoms with Crippen molar-refractivity contribution in [2.45, 2.75) is 51.0 Å². The Morgan fingerprint density at radius 1 is 0.750 bits per heavy atom. The van der Waals surface area contributed by atoms with E-state index in [2.05, 4.69) is 13.1 Å². The molecular formula is C26H34NO5+. The van der Waals surface area contributed by atoms with Crippen LogP contribution in [0.25, 0.3) is 0 Å². The predicted molar refractivity (Wildman–Crippen MR) is 126 cm³/mol. The number of quaternary nitrogens is 1. The van der Waals surface area contributed by atoms with Crippen LogP contribution in [0, 0.1) is 0 Å². The number of hydrogen-bond acceptors (Lipinski definition) is 5. The van der Waals surface area contributed by atoms with E-state index in [1.54, 1.807) is 28.4 Å². The van der Waals surface area contributed by atoms with Gasteiger partial charge in [0.25, 0.3) is 0 Å². The summed E-state index contributed by atoms with van der Waals surface area (Å²) in [5, 5.41) is 0. The van der Waals surface area contributed by atoms with Crippen molar-refractivity contribution < 1.29 is 23.7 Å². The molecule has 1 fully saturated rings. The Hall–Kier alpha value is -2.73. The Kier molecular flexibility index (Phi) is 6.33. The molecule has 2 aromatic rings. The van der Waals surface area contributed by atoms with Crippen molar-refractivity contribution in [3.63, 3.8) is 0 Å². The number of rotatable bonds is 5. The van der Waals surface area contributed by atoms with Crippen LogP contribution in [0.4, 0.5) is 11.4 Å². The minimum atomic E-state index is -0.0758. The molecule has 32 heavy (non-hydrogen) atoms. The van der Waals surface area contributed by atoms with Gasteiger partial charge in [0.1, 0.15) is 11.3 Å². The van der Waals surface area contributed by atoms with Gasteiger partial charge in [0.15, 0.2) is 11.4 Å². The molecule has 0 spiro atoms. The number of ether oxygens (including phenoxy) is 4. The lowest BCUT2D eigenvalue weighted by Gasteiger charge is -2.46. The molecule has 1 saturated carbocycles. The fourth-order valence-electron chi connectivity index (χ4n) is 5.71. The summed E-state index contributed by atoms with van der Waals surface area (Å²) in [5.41, 5.74) is 3.02. The number of fused-ring (bicyclic) bond motifs is 2. The summed E-state index contributed by atoms with van der Waals surface area (Å²) in [6, 6.07) is 8.25. The molecule has 1 aliphatic carbocycles. The molecule has 1 heterocycles. The fraction of sp³-hybridized carbons (Fsp3) is 0.500. The standard InChI is InChI=1S/C26H34NO5/c1-27(17-13-9-7-6-8-10-14-17)19-16-12-11-15-18(19)22(28)20-21(27)24(30-3)26(32-5)25(31-4)23(20)29-2/h11-12,15-17H,6-10,13-14H2,1-5H3/q+1. The van der Waals surface area contributed by atoms with E-state index in [4.69, 9.17) is 18.9 Å². The fourth-order valence-corrected chi connectivity index (χ4v) is 5.71. The van der Waals surface area contributed by atoms with Crippen LogP contribution in [0.1, 0.15) is 60.9 Å². The van der Waals surface area contributed by atoms with Crippen LogP contribution < -0.4 is 23.4 Å². The Labute approximate surface area is 190 Å². The Balaban J connectivity index is 2.11. The van der Waals surface area contributed by atoms with Crippen LogP contribution in [-0.2, 0) is 0 Å². The molecule has 1 aliphatic heterocycles. The Morgan fingerprint density at radius 2 is 1.28 bits per heavy atom. The molecule has 1 atom stereocenters. The van der Waals surface area contributed by atoms with E-state index in [1.807, 2.05) is 18.2 Å². The average Bonchev–Trinajstić information content (AvgIpc) is 2.80. The van der Waals surface area contributed by atoms with Gasteiger partial charge in [0.05, 0.1) is 47.1 Å². The van der Waals surface area contributed by atoms with Crippen molar-refractivity contribution in [2.75, 3.05) is 35.5 Å². The number of ketones is 1. The molecule has 0 radical (unpaired) electrons. The van der Waals surface area contributed by atoms with Crippen LogP contribution in [0.2, 0.25) is 0 Å². The van der Waals surface area contributed by atoms with Gasteiger partial charge in [0.2, 0.25) is 23.0 Å². The summed E-state index contributed by atoms with van der Waals surface area (Å²) in [4.78, 5) is 13.9. The SMILES string of the molecule is COc1c(OC)c(OC)c2c(c1OC)C(=O)c1ccccc1[N+]2(C)C1CCCCCCC1.